The summed E-state index contributed by atoms with van der Waals surface area (Å²) in [5, 5.41) is 0. The summed E-state index contributed by atoms with van der Waals surface area (Å²) < 4.78 is 43.5. The predicted octanol–water partition coefficient (Wildman–Crippen LogP) is 3.73. The summed E-state index contributed by atoms with van der Waals surface area (Å²) in [6, 6.07) is 9.06. The number of ether oxygens (including phenoxy) is 1. The van der Waals surface area contributed by atoms with E-state index in [1.54, 1.807) is 17.0 Å². The first-order valence-corrected chi connectivity index (χ1v) is 8.73. The third-order valence-corrected chi connectivity index (χ3v) is 4.62. The summed E-state index contributed by atoms with van der Waals surface area (Å²) in [6.07, 6.45) is -1.84. The first-order valence-electron chi connectivity index (χ1n) is 7.50. The molecule has 4 nitrogen and oxygen atoms in total. The molecule has 8 heteroatoms. The van der Waals surface area contributed by atoms with Gasteiger partial charge in [0.25, 0.3) is 5.91 Å². The van der Waals surface area contributed by atoms with Crippen molar-refractivity contribution in [3.8, 4) is 5.88 Å². The number of alkyl halides is 3. The topological polar surface area (TPSA) is 42.4 Å². The van der Waals surface area contributed by atoms with Crippen molar-refractivity contribution in [2.75, 3.05) is 19.3 Å². The van der Waals surface area contributed by atoms with Gasteiger partial charge in [-0.25, -0.2) is 4.98 Å². The monoisotopic (exact) mass is 368 g/mol. The fourth-order valence-corrected chi connectivity index (χ4v) is 3.08. The summed E-state index contributed by atoms with van der Waals surface area (Å²) >= 11 is 1.49. The van der Waals surface area contributed by atoms with Crippen LogP contribution in [0.3, 0.4) is 0 Å². The second-order valence-corrected chi connectivity index (χ2v) is 6.38. The molecule has 2 aromatic rings. The predicted molar refractivity (Wildman–Crippen MR) is 87.8 cm³/mol. The van der Waals surface area contributed by atoms with E-state index in [9.17, 15) is 18.0 Å². The van der Waals surface area contributed by atoms with Crippen LogP contribution in [0.4, 0.5) is 13.2 Å². The molecular formula is C17H15F3N2O2S. The Labute approximate surface area is 147 Å². The summed E-state index contributed by atoms with van der Waals surface area (Å²) in [5.74, 6) is -0.196. The Hall–Kier alpha value is -2.22. The van der Waals surface area contributed by atoms with Crippen LogP contribution in [-0.2, 0) is 6.18 Å². The quantitative estimate of drug-likeness (QED) is 0.772. The van der Waals surface area contributed by atoms with Gasteiger partial charge >= 0.3 is 6.18 Å². The minimum absolute atomic E-state index is 0.0866. The van der Waals surface area contributed by atoms with Crippen molar-refractivity contribution in [1.29, 1.82) is 0 Å². The van der Waals surface area contributed by atoms with Crippen molar-refractivity contribution < 1.29 is 22.7 Å². The first-order chi connectivity index (χ1) is 11.9. The zero-order valence-electron chi connectivity index (χ0n) is 13.3. The standard InChI is InChI=1S/C17H15F3N2O2S/c1-25-14-5-3-2-4-13(14)16(23)22-9-12(10-22)24-15-8-11(6-7-21-15)17(18,19)20/h2-8,12H,9-10H2,1H3. The Morgan fingerprint density at radius 1 is 1.28 bits per heavy atom. The van der Waals surface area contributed by atoms with Crippen LogP contribution < -0.4 is 4.74 Å². The zero-order chi connectivity index (χ0) is 18.0. The van der Waals surface area contributed by atoms with Crippen LogP contribution in [0.2, 0.25) is 0 Å². The van der Waals surface area contributed by atoms with Crippen LogP contribution in [-0.4, -0.2) is 41.2 Å². The number of amides is 1. The summed E-state index contributed by atoms with van der Waals surface area (Å²) in [5.41, 5.74) is -0.190. The second kappa shape index (κ2) is 6.95. The second-order valence-electron chi connectivity index (χ2n) is 5.53. The molecule has 1 amide bonds. The molecule has 0 saturated carbocycles. The number of hydrogen-bond acceptors (Lipinski definition) is 4. The number of likely N-dealkylation sites (tertiary alicyclic amines) is 1. The maximum Gasteiger partial charge on any atom is 0.416 e. The fourth-order valence-electron chi connectivity index (χ4n) is 2.49. The van der Waals surface area contributed by atoms with Gasteiger partial charge in [0.15, 0.2) is 0 Å². The fraction of sp³-hybridized carbons (Fsp3) is 0.294. The molecule has 1 fully saturated rings. The van der Waals surface area contributed by atoms with Crippen molar-refractivity contribution in [3.63, 3.8) is 0 Å². The van der Waals surface area contributed by atoms with E-state index in [0.717, 1.165) is 23.2 Å². The highest BCUT2D eigenvalue weighted by Crippen LogP contribution is 2.31. The number of carbonyl (C=O) groups is 1. The smallest absolute Gasteiger partial charge is 0.416 e. The Morgan fingerprint density at radius 3 is 2.68 bits per heavy atom. The molecule has 1 saturated heterocycles. The number of rotatable bonds is 4. The van der Waals surface area contributed by atoms with Gasteiger partial charge in [0, 0.05) is 17.2 Å². The van der Waals surface area contributed by atoms with Crippen molar-refractivity contribution in [2.24, 2.45) is 0 Å². The number of benzene rings is 1. The van der Waals surface area contributed by atoms with Gasteiger partial charge in [-0.3, -0.25) is 4.79 Å². The van der Waals surface area contributed by atoms with E-state index in [0.29, 0.717) is 18.7 Å². The molecule has 25 heavy (non-hydrogen) atoms. The highest BCUT2D eigenvalue weighted by Gasteiger charge is 2.35. The van der Waals surface area contributed by atoms with Gasteiger partial charge in [-0.1, -0.05) is 12.1 Å². The molecule has 0 bridgehead atoms. The molecule has 2 heterocycles. The number of nitrogens with zero attached hydrogens (tertiary/aromatic N) is 2. The van der Waals surface area contributed by atoms with Crippen LogP contribution in [0, 0.1) is 0 Å². The average Bonchev–Trinajstić information content (AvgIpc) is 2.56. The van der Waals surface area contributed by atoms with Crippen molar-refractivity contribution in [2.45, 2.75) is 17.2 Å². The Balaban J connectivity index is 1.61. The normalized spacial score (nSPS) is 15.0. The van der Waals surface area contributed by atoms with Gasteiger partial charge in [-0.15, -0.1) is 11.8 Å². The Kier molecular flexibility index (Phi) is 4.89. The maximum atomic E-state index is 12.7. The van der Waals surface area contributed by atoms with Crippen molar-refractivity contribution >= 4 is 17.7 Å². The third-order valence-electron chi connectivity index (χ3n) is 3.82. The van der Waals surface area contributed by atoms with E-state index in [-0.39, 0.29) is 17.9 Å². The van der Waals surface area contributed by atoms with Crippen LogP contribution in [0.15, 0.2) is 47.5 Å². The van der Waals surface area contributed by atoms with Crippen molar-refractivity contribution in [3.05, 3.63) is 53.7 Å². The van der Waals surface area contributed by atoms with Gasteiger partial charge in [0.2, 0.25) is 5.88 Å². The molecular weight excluding hydrogens is 353 g/mol. The first kappa shape index (κ1) is 17.6. The lowest BCUT2D eigenvalue weighted by Crippen LogP contribution is -2.56. The van der Waals surface area contributed by atoms with Crippen LogP contribution >= 0.6 is 11.8 Å². The van der Waals surface area contributed by atoms with E-state index in [4.69, 9.17) is 4.74 Å². The molecule has 0 radical (unpaired) electrons. The highest BCUT2D eigenvalue weighted by atomic mass is 32.2. The van der Waals surface area contributed by atoms with E-state index >= 15 is 0 Å². The number of halogens is 3. The minimum atomic E-state index is -4.44. The van der Waals surface area contributed by atoms with E-state index in [1.807, 2.05) is 18.4 Å². The van der Waals surface area contributed by atoms with E-state index in [2.05, 4.69) is 4.98 Å². The summed E-state index contributed by atoms with van der Waals surface area (Å²) in [7, 11) is 0. The Morgan fingerprint density at radius 2 is 2.00 bits per heavy atom. The molecule has 0 unspecified atom stereocenters. The SMILES string of the molecule is CSc1ccccc1C(=O)N1CC(Oc2cc(C(F)(F)F)ccn2)C1. The van der Waals surface area contributed by atoms with E-state index < -0.39 is 11.7 Å². The maximum absolute atomic E-state index is 12.7. The van der Waals surface area contributed by atoms with Gasteiger partial charge in [0.05, 0.1) is 24.2 Å². The molecule has 0 N–H and O–H groups in total. The molecule has 0 aliphatic carbocycles. The number of hydrogen-bond donors (Lipinski definition) is 0. The molecule has 0 atom stereocenters. The zero-order valence-corrected chi connectivity index (χ0v) is 14.1. The van der Waals surface area contributed by atoms with Gasteiger partial charge in [0.1, 0.15) is 6.10 Å². The lowest BCUT2D eigenvalue weighted by Gasteiger charge is -2.38. The minimum Gasteiger partial charge on any atom is -0.471 e. The van der Waals surface area contributed by atoms with Gasteiger partial charge in [-0.05, 0) is 24.5 Å². The molecule has 1 aromatic carbocycles. The highest BCUT2D eigenvalue weighted by molar-refractivity contribution is 7.98. The molecule has 132 valence electrons. The molecule has 0 spiro atoms. The lowest BCUT2D eigenvalue weighted by atomic mass is 10.1. The Bertz CT molecular complexity index is 776. The summed E-state index contributed by atoms with van der Waals surface area (Å²) in [6.45, 7) is 0.638. The number of aromatic nitrogens is 1. The van der Waals surface area contributed by atoms with Gasteiger partial charge in [-0.2, -0.15) is 13.2 Å². The third kappa shape index (κ3) is 3.89. The largest absolute Gasteiger partial charge is 0.471 e. The molecule has 1 aromatic heterocycles. The van der Waals surface area contributed by atoms with Crippen LogP contribution in [0.5, 0.6) is 5.88 Å². The number of carbonyl (C=O) groups excluding carboxylic acids is 1. The average molecular weight is 368 g/mol. The number of thioether (sulfide) groups is 1. The van der Waals surface area contributed by atoms with Crippen LogP contribution in [0.25, 0.3) is 0 Å². The molecule has 1 aliphatic rings. The lowest BCUT2D eigenvalue weighted by molar-refractivity contribution is -0.137. The molecule has 3 rings (SSSR count). The van der Waals surface area contributed by atoms with E-state index in [1.165, 1.54) is 11.8 Å². The summed E-state index contributed by atoms with van der Waals surface area (Å²) in [4.78, 5) is 18.8. The molecule has 1 aliphatic heterocycles. The van der Waals surface area contributed by atoms with Gasteiger partial charge < -0.3 is 9.64 Å². The van der Waals surface area contributed by atoms with Crippen molar-refractivity contribution in [1.82, 2.24) is 9.88 Å². The van der Waals surface area contributed by atoms with Crippen LogP contribution in [0.1, 0.15) is 15.9 Å². The number of pyridine rings is 1.